The number of amides is 1. The van der Waals surface area contributed by atoms with Crippen molar-refractivity contribution < 1.29 is 9.53 Å². The Balaban J connectivity index is 1.78. The molecule has 0 saturated heterocycles. The monoisotopic (exact) mass is 401 g/mol. The summed E-state index contributed by atoms with van der Waals surface area (Å²) in [4.78, 5) is 14.2. The van der Waals surface area contributed by atoms with Crippen molar-refractivity contribution >= 4 is 5.91 Å². The van der Waals surface area contributed by atoms with E-state index in [0.29, 0.717) is 13.1 Å². The summed E-state index contributed by atoms with van der Waals surface area (Å²) >= 11 is 0. The molecule has 0 aliphatic rings. The van der Waals surface area contributed by atoms with Crippen LogP contribution in [0.25, 0.3) is 0 Å². The second-order valence-electron chi connectivity index (χ2n) is 7.91. The van der Waals surface area contributed by atoms with Crippen molar-refractivity contribution in [3.63, 3.8) is 0 Å². The van der Waals surface area contributed by atoms with Crippen LogP contribution >= 0.6 is 0 Å². The Hall–Kier alpha value is -3.07. The number of hydrogen-bond acceptors (Lipinski definition) is 2. The van der Waals surface area contributed by atoms with E-state index in [-0.39, 0.29) is 17.9 Å². The molecule has 0 radical (unpaired) electrons. The molecule has 1 amide bonds. The maximum Gasteiger partial charge on any atom is 0.219 e. The molecule has 0 bridgehead atoms. The van der Waals surface area contributed by atoms with Crippen LogP contribution in [0.4, 0.5) is 0 Å². The molecular formula is C27H31NO2. The molecule has 156 valence electrons. The SMILES string of the molecule is CC(=O)N(CC[C@@H](c1ccccc1)c1ccc(OC(C)C)cc1)Cc1ccccc1. The van der Waals surface area contributed by atoms with Gasteiger partial charge in [0.2, 0.25) is 5.91 Å². The number of ether oxygens (including phenoxy) is 1. The Kier molecular flexibility index (Phi) is 7.67. The van der Waals surface area contributed by atoms with Gasteiger partial charge in [0.1, 0.15) is 5.75 Å². The highest BCUT2D eigenvalue weighted by molar-refractivity contribution is 5.73. The summed E-state index contributed by atoms with van der Waals surface area (Å²) in [6.07, 6.45) is 1.02. The van der Waals surface area contributed by atoms with Crippen molar-refractivity contribution in [3.8, 4) is 5.75 Å². The molecule has 0 spiro atoms. The molecule has 3 aromatic rings. The predicted octanol–water partition coefficient (Wildman–Crippen LogP) is 6.04. The Morgan fingerprint density at radius 1 is 0.833 bits per heavy atom. The van der Waals surface area contributed by atoms with Crippen molar-refractivity contribution in [3.05, 3.63) is 102 Å². The molecule has 0 saturated carbocycles. The first-order valence-corrected chi connectivity index (χ1v) is 10.6. The molecule has 3 nitrogen and oxygen atoms in total. The summed E-state index contributed by atoms with van der Waals surface area (Å²) in [7, 11) is 0. The molecule has 3 aromatic carbocycles. The fraction of sp³-hybridized carbons (Fsp3) is 0.296. The summed E-state index contributed by atoms with van der Waals surface area (Å²) in [5, 5.41) is 0. The molecule has 0 N–H and O–H groups in total. The van der Waals surface area contributed by atoms with Gasteiger partial charge < -0.3 is 9.64 Å². The molecule has 1 atom stereocenters. The van der Waals surface area contributed by atoms with Crippen LogP contribution in [-0.4, -0.2) is 23.5 Å². The molecule has 0 unspecified atom stereocenters. The number of hydrogen-bond donors (Lipinski definition) is 0. The zero-order valence-electron chi connectivity index (χ0n) is 18.1. The van der Waals surface area contributed by atoms with Crippen molar-refractivity contribution in [1.82, 2.24) is 4.90 Å². The number of rotatable bonds is 9. The molecule has 0 fully saturated rings. The van der Waals surface area contributed by atoms with Gasteiger partial charge in [-0.1, -0.05) is 72.8 Å². The third kappa shape index (κ3) is 6.21. The van der Waals surface area contributed by atoms with Gasteiger partial charge in [-0.25, -0.2) is 0 Å². The van der Waals surface area contributed by atoms with E-state index in [1.807, 2.05) is 55.1 Å². The lowest BCUT2D eigenvalue weighted by Crippen LogP contribution is -2.30. The third-order valence-corrected chi connectivity index (χ3v) is 5.21. The number of benzene rings is 3. The van der Waals surface area contributed by atoms with E-state index in [1.54, 1.807) is 6.92 Å². The molecule has 0 heterocycles. The predicted molar refractivity (Wildman–Crippen MR) is 123 cm³/mol. The van der Waals surface area contributed by atoms with E-state index in [9.17, 15) is 4.79 Å². The van der Waals surface area contributed by atoms with E-state index in [2.05, 4.69) is 48.5 Å². The van der Waals surface area contributed by atoms with Gasteiger partial charge in [-0.2, -0.15) is 0 Å². The lowest BCUT2D eigenvalue weighted by molar-refractivity contribution is -0.129. The third-order valence-electron chi connectivity index (χ3n) is 5.21. The highest BCUT2D eigenvalue weighted by Gasteiger charge is 2.18. The highest BCUT2D eigenvalue weighted by Crippen LogP contribution is 2.30. The molecule has 0 aliphatic carbocycles. The van der Waals surface area contributed by atoms with E-state index in [4.69, 9.17) is 4.74 Å². The zero-order valence-corrected chi connectivity index (χ0v) is 18.1. The van der Waals surface area contributed by atoms with Gasteiger partial charge in [-0.05, 0) is 49.1 Å². The van der Waals surface area contributed by atoms with Crippen molar-refractivity contribution in [2.75, 3.05) is 6.54 Å². The lowest BCUT2D eigenvalue weighted by atomic mass is 9.88. The maximum atomic E-state index is 12.3. The molecule has 30 heavy (non-hydrogen) atoms. The van der Waals surface area contributed by atoms with Crippen LogP contribution in [0.5, 0.6) is 5.75 Å². The van der Waals surface area contributed by atoms with E-state index in [1.165, 1.54) is 11.1 Å². The van der Waals surface area contributed by atoms with Crippen LogP contribution in [0, 0.1) is 0 Å². The molecular weight excluding hydrogens is 370 g/mol. The van der Waals surface area contributed by atoms with Crippen molar-refractivity contribution in [2.45, 2.75) is 45.8 Å². The van der Waals surface area contributed by atoms with Gasteiger partial charge in [0, 0.05) is 25.9 Å². The summed E-state index contributed by atoms with van der Waals surface area (Å²) in [5.41, 5.74) is 3.65. The quantitative estimate of drug-likeness (QED) is 0.437. The Morgan fingerprint density at radius 2 is 1.40 bits per heavy atom. The van der Waals surface area contributed by atoms with Gasteiger partial charge in [-0.15, -0.1) is 0 Å². The summed E-state index contributed by atoms with van der Waals surface area (Å²) < 4.78 is 5.80. The molecule has 3 heteroatoms. The minimum Gasteiger partial charge on any atom is -0.491 e. The average molecular weight is 402 g/mol. The smallest absolute Gasteiger partial charge is 0.219 e. The van der Waals surface area contributed by atoms with Crippen molar-refractivity contribution in [2.24, 2.45) is 0 Å². The normalized spacial score (nSPS) is 11.9. The van der Waals surface area contributed by atoms with Gasteiger partial charge in [0.25, 0.3) is 0 Å². The second kappa shape index (κ2) is 10.6. The first-order valence-electron chi connectivity index (χ1n) is 10.6. The first kappa shape index (κ1) is 21.6. The van der Waals surface area contributed by atoms with E-state index < -0.39 is 0 Å². The van der Waals surface area contributed by atoms with Crippen LogP contribution in [0.2, 0.25) is 0 Å². The van der Waals surface area contributed by atoms with Crippen LogP contribution in [0.1, 0.15) is 49.8 Å². The Bertz CT molecular complexity index is 905. The largest absolute Gasteiger partial charge is 0.491 e. The highest BCUT2D eigenvalue weighted by atomic mass is 16.5. The lowest BCUT2D eigenvalue weighted by Gasteiger charge is -2.25. The molecule has 0 aromatic heterocycles. The number of nitrogens with zero attached hydrogens (tertiary/aromatic N) is 1. The first-order chi connectivity index (χ1) is 14.5. The van der Waals surface area contributed by atoms with Crippen LogP contribution in [0.15, 0.2) is 84.9 Å². The zero-order chi connectivity index (χ0) is 21.3. The van der Waals surface area contributed by atoms with Crippen molar-refractivity contribution in [1.29, 1.82) is 0 Å². The minimum absolute atomic E-state index is 0.103. The Labute approximate surface area is 180 Å². The summed E-state index contributed by atoms with van der Waals surface area (Å²) in [6, 6.07) is 29.1. The fourth-order valence-corrected chi connectivity index (χ4v) is 3.70. The second-order valence-corrected chi connectivity index (χ2v) is 7.91. The Morgan fingerprint density at radius 3 is 1.97 bits per heavy atom. The number of carbonyl (C=O) groups excluding carboxylic acids is 1. The van der Waals surface area contributed by atoms with Crippen LogP contribution in [0.3, 0.4) is 0 Å². The summed E-state index contributed by atoms with van der Waals surface area (Å²) in [6.45, 7) is 7.05. The summed E-state index contributed by atoms with van der Waals surface area (Å²) in [5.74, 6) is 1.21. The van der Waals surface area contributed by atoms with Crippen LogP contribution in [-0.2, 0) is 11.3 Å². The molecule has 3 rings (SSSR count). The standard InChI is InChI=1S/C27H31NO2/c1-21(2)30-26-16-14-25(15-17-26)27(24-12-8-5-9-13-24)18-19-28(22(3)29)20-23-10-6-4-7-11-23/h4-17,21,27H,18-20H2,1-3H3/t27-/m0/s1. The molecule has 0 aliphatic heterocycles. The topological polar surface area (TPSA) is 29.5 Å². The van der Waals surface area contributed by atoms with Crippen LogP contribution < -0.4 is 4.74 Å². The maximum absolute atomic E-state index is 12.3. The minimum atomic E-state index is 0.103. The fourth-order valence-electron chi connectivity index (χ4n) is 3.70. The van der Waals surface area contributed by atoms with E-state index >= 15 is 0 Å². The van der Waals surface area contributed by atoms with Gasteiger partial charge >= 0.3 is 0 Å². The van der Waals surface area contributed by atoms with Gasteiger partial charge in [-0.3, -0.25) is 4.79 Å². The van der Waals surface area contributed by atoms with E-state index in [0.717, 1.165) is 17.7 Å². The number of carbonyl (C=O) groups is 1. The van der Waals surface area contributed by atoms with Gasteiger partial charge in [0.05, 0.1) is 6.10 Å². The van der Waals surface area contributed by atoms with Gasteiger partial charge in [0.15, 0.2) is 0 Å². The average Bonchev–Trinajstić information content (AvgIpc) is 2.75.